The van der Waals surface area contributed by atoms with E-state index in [1.807, 2.05) is 4.90 Å². The highest BCUT2D eigenvalue weighted by Crippen LogP contribution is 2.30. The predicted octanol–water partition coefficient (Wildman–Crippen LogP) is 0.192. The van der Waals surface area contributed by atoms with Gasteiger partial charge in [0.2, 0.25) is 5.91 Å². The number of hydrogen-bond acceptors (Lipinski definition) is 6. The average molecular weight is 265 g/mol. The second-order valence-electron chi connectivity index (χ2n) is 4.47. The number of rotatable bonds is 4. The topological polar surface area (TPSA) is 128 Å². The van der Waals surface area contributed by atoms with Crippen LogP contribution >= 0.6 is 0 Å². The Labute approximate surface area is 109 Å². The number of non-ortho nitro benzene ring substituents is 1. The minimum Gasteiger partial charge on any atom is -0.370 e. The normalized spacial score (nSPS) is 18.4. The first-order valence-corrected chi connectivity index (χ1v) is 5.81. The standard InChI is InChI=1S/C11H15N5O3/c12-11(17)7-1-2-15(6-7)9-3-8(14-13)4-10(5-9)16(18)19/h3-5,7,14H,1-2,6,13H2,(H2,12,17). The van der Waals surface area contributed by atoms with Crippen molar-refractivity contribution in [3.05, 3.63) is 28.3 Å². The summed E-state index contributed by atoms with van der Waals surface area (Å²) in [5.41, 5.74) is 8.72. The largest absolute Gasteiger partial charge is 0.370 e. The molecule has 1 aliphatic heterocycles. The highest BCUT2D eigenvalue weighted by atomic mass is 16.6. The maximum absolute atomic E-state index is 11.1. The maximum atomic E-state index is 11.1. The first-order valence-electron chi connectivity index (χ1n) is 5.81. The van der Waals surface area contributed by atoms with Gasteiger partial charge in [-0.2, -0.15) is 0 Å². The fourth-order valence-electron chi connectivity index (χ4n) is 2.19. The third-order valence-corrected chi connectivity index (χ3v) is 3.24. The zero-order valence-corrected chi connectivity index (χ0v) is 10.2. The van der Waals surface area contributed by atoms with Gasteiger partial charge in [0.15, 0.2) is 0 Å². The zero-order chi connectivity index (χ0) is 14.0. The second-order valence-corrected chi connectivity index (χ2v) is 4.47. The van der Waals surface area contributed by atoms with Crippen molar-refractivity contribution in [1.29, 1.82) is 0 Å². The van der Waals surface area contributed by atoms with E-state index >= 15 is 0 Å². The molecule has 8 nitrogen and oxygen atoms in total. The number of carbonyl (C=O) groups excluding carboxylic acids is 1. The van der Waals surface area contributed by atoms with Crippen LogP contribution in [0.1, 0.15) is 6.42 Å². The van der Waals surface area contributed by atoms with Gasteiger partial charge in [-0.3, -0.25) is 20.8 Å². The number of nitro benzene ring substituents is 1. The lowest BCUT2D eigenvalue weighted by atomic mass is 10.1. The molecule has 1 heterocycles. The lowest BCUT2D eigenvalue weighted by molar-refractivity contribution is -0.384. The van der Waals surface area contributed by atoms with E-state index in [4.69, 9.17) is 11.6 Å². The molecular weight excluding hydrogens is 250 g/mol. The Morgan fingerprint density at radius 3 is 2.74 bits per heavy atom. The third-order valence-electron chi connectivity index (χ3n) is 3.24. The molecule has 0 saturated carbocycles. The van der Waals surface area contributed by atoms with Crippen LogP contribution in [0.4, 0.5) is 17.1 Å². The summed E-state index contributed by atoms with van der Waals surface area (Å²) in [6.07, 6.45) is 0.656. The van der Waals surface area contributed by atoms with Crippen molar-refractivity contribution >= 4 is 23.0 Å². The number of hydrogen-bond donors (Lipinski definition) is 3. The number of nitrogens with two attached hydrogens (primary N) is 2. The van der Waals surface area contributed by atoms with Crippen molar-refractivity contribution in [3.8, 4) is 0 Å². The highest BCUT2D eigenvalue weighted by molar-refractivity contribution is 5.78. The molecule has 1 saturated heterocycles. The maximum Gasteiger partial charge on any atom is 0.273 e. The molecule has 8 heteroatoms. The zero-order valence-electron chi connectivity index (χ0n) is 10.2. The number of hydrazine groups is 1. The van der Waals surface area contributed by atoms with E-state index in [-0.39, 0.29) is 17.5 Å². The van der Waals surface area contributed by atoms with Gasteiger partial charge in [-0.05, 0) is 12.5 Å². The molecule has 1 aliphatic rings. The van der Waals surface area contributed by atoms with E-state index in [9.17, 15) is 14.9 Å². The Balaban J connectivity index is 2.27. The molecule has 1 aromatic rings. The molecular formula is C11H15N5O3. The number of anilines is 2. The lowest BCUT2D eigenvalue weighted by Crippen LogP contribution is -2.27. The van der Waals surface area contributed by atoms with Crippen molar-refractivity contribution in [2.45, 2.75) is 6.42 Å². The Bertz CT molecular complexity index is 519. The van der Waals surface area contributed by atoms with Crippen LogP contribution in [0.15, 0.2) is 18.2 Å². The molecule has 1 unspecified atom stereocenters. The van der Waals surface area contributed by atoms with Crippen LogP contribution in [0.2, 0.25) is 0 Å². The Morgan fingerprint density at radius 1 is 1.47 bits per heavy atom. The molecule has 2 rings (SSSR count). The van der Waals surface area contributed by atoms with E-state index in [1.54, 1.807) is 6.07 Å². The number of benzene rings is 1. The quantitative estimate of drug-likeness (QED) is 0.405. The molecule has 1 fully saturated rings. The van der Waals surface area contributed by atoms with E-state index in [1.165, 1.54) is 12.1 Å². The predicted molar refractivity (Wildman–Crippen MR) is 70.4 cm³/mol. The van der Waals surface area contributed by atoms with Gasteiger partial charge < -0.3 is 16.1 Å². The van der Waals surface area contributed by atoms with Gasteiger partial charge >= 0.3 is 0 Å². The number of carbonyl (C=O) groups is 1. The number of nitrogen functional groups attached to an aromatic ring is 1. The minimum absolute atomic E-state index is 0.0482. The molecule has 0 spiro atoms. The summed E-state index contributed by atoms with van der Waals surface area (Å²) in [7, 11) is 0. The molecule has 1 amide bonds. The molecule has 0 bridgehead atoms. The molecule has 0 aliphatic carbocycles. The molecule has 5 N–H and O–H groups in total. The van der Waals surface area contributed by atoms with Gasteiger partial charge in [0, 0.05) is 30.9 Å². The number of amides is 1. The van der Waals surface area contributed by atoms with Crippen LogP contribution in [0.25, 0.3) is 0 Å². The van der Waals surface area contributed by atoms with Crippen LogP contribution in [-0.2, 0) is 4.79 Å². The van der Waals surface area contributed by atoms with E-state index in [0.29, 0.717) is 30.9 Å². The van der Waals surface area contributed by atoms with Crippen molar-refractivity contribution in [1.82, 2.24) is 0 Å². The fourth-order valence-corrected chi connectivity index (χ4v) is 2.19. The summed E-state index contributed by atoms with van der Waals surface area (Å²) in [4.78, 5) is 23.4. The summed E-state index contributed by atoms with van der Waals surface area (Å²) in [6, 6.07) is 4.52. The number of nitrogens with zero attached hydrogens (tertiary/aromatic N) is 2. The van der Waals surface area contributed by atoms with Crippen molar-refractivity contribution in [2.75, 3.05) is 23.4 Å². The van der Waals surface area contributed by atoms with Gasteiger partial charge in [0.25, 0.3) is 5.69 Å². The van der Waals surface area contributed by atoms with Gasteiger partial charge in [-0.15, -0.1) is 0 Å². The van der Waals surface area contributed by atoms with Crippen molar-refractivity contribution < 1.29 is 9.72 Å². The fraction of sp³-hybridized carbons (Fsp3) is 0.364. The second kappa shape index (κ2) is 5.11. The SMILES string of the molecule is NNc1cc(N2CCC(C(N)=O)C2)cc([N+](=O)[O-])c1. The molecule has 0 aromatic heterocycles. The van der Waals surface area contributed by atoms with Crippen LogP contribution in [0.3, 0.4) is 0 Å². The molecule has 0 radical (unpaired) electrons. The average Bonchev–Trinajstić information content (AvgIpc) is 2.87. The molecule has 19 heavy (non-hydrogen) atoms. The monoisotopic (exact) mass is 265 g/mol. The van der Waals surface area contributed by atoms with E-state index < -0.39 is 4.92 Å². The van der Waals surface area contributed by atoms with Crippen LogP contribution < -0.4 is 21.9 Å². The molecule has 1 aromatic carbocycles. The van der Waals surface area contributed by atoms with Crippen LogP contribution in [0, 0.1) is 16.0 Å². The Morgan fingerprint density at radius 2 is 2.21 bits per heavy atom. The number of primary amides is 1. The van der Waals surface area contributed by atoms with E-state index in [0.717, 1.165) is 0 Å². The van der Waals surface area contributed by atoms with Crippen LogP contribution in [0.5, 0.6) is 0 Å². The summed E-state index contributed by atoms with van der Waals surface area (Å²) >= 11 is 0. The minimum atomic E-state index is -0.480. The summed E-state index contributed by atoms with van der Waals surface area (Å²) < 4.78 is 0. The molecule has 102 valence electrons. The highest BCUT2D eigenvalue weighted by Gasteiger charge is 2.27. The van der Waals surface area contributed by atoms with Gasteiger partial charge in [0.1, 0.15) is 0 Å². The Hall–Kier alpha value is -2.35. The van der Waals surface area contributed by atoms with Gasteiger partial charge in [0.05, 0.1) is 16.5 Å². The third kappa shape index (κ3) is 2.74. The smallest absolute Gasteiger partial charge is 0.273 e. The first-order chi connectivity index (χ1) is 9.01. The first kappa shape index (κ1) is 13.1. The lowest BCUT2D eigenvalue weighted by Gasteiger charge is -2.18. The molecule has 1 atom stereocenters. The van der Waals surface area contributed by atoms with E-state index in [2.05, 4.69) is 5.43 Å². The van der Waals surface area contributed by atoms with Crippen LogP contribution in [-0.4, -0.2) is 23.9 Å². The number of nitrogens with one attached hydrogen (secondary N) is 1. The van der Waals surface area contributed by atoms with Gasteiger partial charge in [-0.1, -0.05) is 0 Å². The summed E-state index contributed by atoms with van der Waals surface area (Å²) in [5, 5.41) is 10.9. The van der Waals surface area contributed by atoms with Gasteiger partial charge in [-0.25, -0.2) is 0 Å². The van der Waals surface area contributed by atoms with Crippen molar-refractivity contribution in [2.24, 2.45) is 17.5 Å². The van der Waals surface area contributed by atoms with Crippen molar-refractivity contribution in [3.63, 3.8) is 0 Å². The number of nitro groups is 1. The summed E-state index contributed by atoms with van der Waals surface area (Å²) in [6.45, 7) is 1.11. The Kier molecular flexibility index (Phi) is 3.52. The summed E-state index contributed by atoms with van der Waals surface area (Å²) in [5.74, 6) is 4.74.